The fraction of sp³-hybridized carbons (Fsp3) is 0.429. The summed E-state index contributed by atoms with van der Waals surface area (Å²) in [6.45, 7) is 9.97. The Morgan fingerprint density at radius 3 is 2.22 bits per heavy atom. The molecule has 4 heteroatoms. The Kier molecular flexibility index (Phi) is 3.06. The Bertz CT molecular complexity index is 638. The zero-order valence-electron chi connectivity index (χ0n) is 11.6. The van der Waals surface area contributed by atoms with Crippen molar-refractivity contribution in [2.24, 2.45) is 0 Å². The van der Waals surface area contributed by atoms with Gasteiger partial charge in [0.25, 0.3) is 0 Å². The van der Waals surface area contributed by atoms with E-state index in [1.807, 2.05) is 12.1 Å². The highest BCUT2D eigenvalue weighted by atomic mass is 31.2. The summed E-state index contributed by atoms with van der Waals surface area (Å²) < 4.78 is 12.5. The zero-order valence-corrected chi connectivity index (χ0v) is 12.5. The molecule has 0 bridgehead atoms. The smallest absolute Gasteiger partial charge is 0.110 e. The van der Waals surface area contributed by atoms with Gasteiger partial charge in [0.1, 0.15) is 7.14 Å². The molecule has 0 saturated carbocycles. The van der Waals surface area contributed by atoms with Gasteiger partial charge in [-0.15, -0.1) is 0 Å². The predicted octanol–water partition coefficient (Wildman–Crippen LogP) is 3.18. The maximum atomic E-state index is 12.5. The number of hydrogen-bond acceptors (Lipinski definition) is 3. The molecular weight excluding hydrogens is 243 g/mol. The van der Waals surface area contributed by atoms with E-state index in [0.29, 0.717) is 0 Å². The normalized spacial score (nSPS) is 12.9. The maximum Gasteiger partial charge on any atom is 0.110 e. The first-order chi connectivity index (χ1) is 8.21. The third kappa shape index (κ3) is 2.32. The van der Waals surface area contributed by atoms with Crippen molar-refractivity contribution in [1.82, 2.24) is 9.97 Å². The Labute approximate surface area is 108 Å². The first-order valence-electron chi connectivity index (χ1n) is 6.01. The monoisotopic (exact) mass is 262 g/mol. The fourth-order valence-corrected chi connectivity index (χ4v) is 3.63. The minimum absolute atomic E-state index is 0.105. The molecule has 1 aromatic heterocycles. The second kappa shape index (κ2) is 4.17. The molecule has 96 valence electrons. The van der Waals surface area contributed by atoms with Crippen LogP contribution in [0.25, 0.3) is 11.0 Å². The van der Waals surface area contributed by atoms with E-state index in [0.717, 1.165) is 21.9 Å². The lowest BCUT2D eigenvalue weighted by Crippen LogP contribution is -2.23. The minimum atomic E-state index is -2.32. The van der Waals surface area contributed by atoms with Gasteiger partial charge in [0.15, 0.2) is 0 Å². The van der Waals surface area contributed by atoms with Crippen LogP contribution in [0.3, 0.4) is 0 Å². The van der Waals surface area contributed by atoms with Crippen molar-refractivity contribution in [3.05, 3.63) is 30.1 Å². The molecular formula is C14H19N2OP. The van der Waals surface area contributed by atoms with Gasteiger partial charge in [-0.2, -0.15) is 0 Å². The van der Waals surface area contributed by atoms with Crippen molar-refractivity contribution in [3.63, 3.8) is 0 Å². The summed E-state index contributed by atoms with van der Waals surface area (Å²) in [5.41, 5.74) is 2.68. The van der Waals surface area contributed by atoms with Crippen molar-refractivity contribution >= 4 is 23.5 Å². The Hall–Kier alpha value is -1.21. The molecule has 0 aliphatic rings. The van der Waals surface area contributed by atoms with Gasteiger partial charge in [-0.05, 0) is 36.4 Å². The topological polar surface area (TPSA) is 42.9 Å². The largest absolute Gasteiger partial charge is 0.319 e. The third-order valence-corrected chi connectivity index (χ3v) is 4.48. The molecule has 0 unspecified atom stereocenters. The van der Waals surface area contributed by atoms with Gasteiger partial charge < -0.3 is 4.57 Å². The second-order valence-electron chi connectivity index (χ2n) is 5.98. The molecule has 0 aliphatic carbocycles. The van der Waals surface area contributed by atoms with Crippen LogP contribution in [0.15, 0.2) is 24.5 Å². The fourth-order valence-electron chi connectivity index (χ4n) is 2.21. The van der Waals surface area contributed by atoms with E-state index in [1.54, 1.807) is 25.7 Å². The molecule has 0 N–H and O–H groups in total. The van der Waals surface area contributed by atoms with Crippen LogP contribution < -0.4 is 5.30 Å². The molecule has 2 aromatic rings. The summed E-state index contributed by atoms with van der Waals surface area (Å²) in [5, 5.41) is 0.919. The number of benzene rings is 1. The molecule has 1 heterocycles. The zero-order chi connectivity index (χ0) is 13.6. The van der Waals surface area contributed by atoms with Gasteiger partial charge in [-0.1, -0.05) is 20.8 Å². The molecule has 0 atom stereocenters. The van der Waals surface area contributed by atoms with Crippen molar-refractivity contribution in [2.45, 2.75) is 26.2 Å². The summed E-state index contributed by atoms with van der Waals surface area (Å²) in [4.78, 5) is 8.76. The summed E-state index contributed by atoms with van der Waals surface area (Å²) in [5.74, 6) is 0. The van der Waals surface area contributed by atoms with Crippen LogP contribution in [0.1, 0.15) is 26.3 Å². The molecule has 0 fully saturated rings. The average Bonchev–Trinajstić information content (AvgIpc) is 2.24. The molecule has 2 rings (SSSR count). The third-order valence-electron chi connectivity index (χ3n) is 2.95. The van der Waals surface area contributed by atoms with Crippen LogP contribution in [0.5, 0.6) is 0 Å². The lowest BCUT2D eigenvalue weighted by molar-refractivity contribution is 0.581. The van der Waals surface area contributed by atoms with E-state index in [4.69, 9.17) is 0 Å². The van der Waals surface area contributed by atoms with E-state index in [-0.39, 0.29) is 5.41 Å². The first kappa shape index (κ1) is 13.2. The summed E-state index contributed by atoms with van der Waals surface area (Å²) >= 11 is 0. The van der Waals surface area contributed by atoms with Crippen LogP contribution in [-0.4, -0.2) is 23.3 Å². The molecule has 1 aromatic carbocycles. The number of fused-ring (bicyclic) bond motifs is 1. The van der Waals surface area contributed by atoms with Crippen molar-refractivity contribution in [2.75, 3.05) is 13.3 Å². The lowest BCUT2D eigenvalue weighted by Gasteiger charge is -2.25. The molecule has 0 saturated heterocycles. The summed E-state index contributed by atoms with van der Waals surface area (Å²) in [7, 11) is -2.32. The highest BCUT2D eigenvalue weighted by Gasteiger charge is 2.27. The van der Waals surface area contributed by atoms with Crippen LogP contribution in [0.2, 0.25) is 0 Å². The molecule has 18 heavy (non-hydrogen) atoms. The minimum Gasteiger partial charge on any atom is -0.319 e. The molecule has 0 spiro atoms. The Morgan fingerprint density at radius 2 is 1.67 bits per heavy atom. The van der Waals surface area contributed by atoms with Crippen LogP contribution in [-0.2, 0) is 9.98 Å². The van der Waals surface area contributed by atoms with E-state index >= 15 is 0 Å². The SMILES string of the molecule is CC(C)(C)c1c(P(C)(C)=O)ccc2nccnc12. The number of rotatable bonds is 1. The van der Waals surface area contributed by atoms with Gasteiger partial charge in [0.05, 0.1) is 11.0 Å². The first-order valence-corrected chi connectivity index (χ1v) is 8.61. The molecule has 0 radical (unpaired) electrons. The summed E-state index contributed by atoms with van der Waals surface area (Å²) in [6.07, 6.45) is 3.38. The van der Waals surface area contributed by atoms with Gasteiger partial charge in [-0.25, -0.2) is 0 Å². The van der Waals surface area contributed by atoms with Crippen LogP contribution >= 0.6 is 7.14 Å². The van der Waals surface area contributed by atoms with Gasteiger partial charge in [0, 0.05) is 17.7 Å². The lowest BCUT2D eigenvalue weighted by atomic mass is 9.86. The number of nitrogens with zero attached hydrogens (tertiary/aromatic N) is 2. The van der Waals surface area contributed by atoms with Gasteiger partial charge in [0.2, 0.25) is 0 Å². The number of hydrogen-bond donors (Lipinski definition) is 0. The van der Waals surface area contributed by atoms with Crippen molar-refractivity contribution in [1.29, 1.82) is 0 Å². The standard InChI is InChI=1S/C14H19N2OP/c1-14(2,3)12-11(18(4,5)17)7-6-10-13(12)16-9-8-15-10/h6-9H,1-5H3. The summed E-state index contributed by atoms with van der Waals surface area (Å²) in [6, 6.07) is 3.85. The maximum absolute atomic E-state index is 12.5. The average molecular weight is 262 g/mol. The molecule has 0 aliphatic heterocycles. The second-order valence-corrected chi connectivity index (χ2v) is 9.17. The van der Waals surface area contributed by atoms with Crippen LogP contribution in [0, 0.1) is 0 Å². The molecule has 3 nitrogen and oxygen atoms in total. The highest BCUT2D eigenvalue weighted by molar-refractivity contribution is 7.70. The predicted molar refractivity (Wildman–Crippen MR) is 77.3 cm³/mol. The highest BCUT2D eigenvalue weighted by Crippen LogP contribution is 2.40. The molecule has 0 amide bonds. The van der Waals surface area contributed by atoms with E-state index < -0.39 is 7.14 Å². The van der Waals surface area contributed by atoms with E-state index in [1.165, 1.54) is 0 Å². The van der Waals surface area contributed by atoms with Gasteiger partial charge in [-0.3, -0.25) is 9.97 Å². The van der Waals surface area contributed by atoms with Gasteiger partial charge >= 0.3 is 0 Å². The van der Waals surface area contributed by atoms with Crippen LogP contribution in [0.4, 0.5) is 0 Å². The van der Waals surface area contributed by atoms with Crippen molar-refractivity contribution < 1.29 is 4.57 Å². The van der Waals surface area contributed by atoms with E-state index in [9.17, 15) is 4.57 Å². The number of aromatic nitrogens is 2. The Balaban J connectivity index is 2.94. The van der Waals surface area contributed by atoms with E-state index in [2.05, 4.69) is 30.7 Å². The van der Waals surface area contributed by atoms with Crippen molar-refractivity contribution in [3.8, 4) is 0 Å². The quantitative estimate of drug-likeness (QED) is 0.741. The Morgan fingerprint density at radius 1 is 1.06 bits per heavy atom.